The number of methoxy groups -OCH3 is 3. The highest BCUT2D eigenvalue weighted by Crippen LogP contribution is 2.33. The van der Waals surface area contributed by atoms with Gasteiger partial charge < -0.3 is 23.2 Å². The molecule has 0 unspecified atom stereocenters. The molecule has 0 saturated carbocycles. The van der Waals surface area contributed by atoms with E-state index >= 15 is 0 Å². The lowest BCUT2D eigenvalue weighted by atomic mass is 10.1. The highest BCUT2D eigenvalue weighted by Gasteiger charge is 2.13. The Bertz CT molecular complexity index is 1030. The normalized spacial score (nSPS) is 10.7. The van der Waals surface area contributed by atoms with Crippen LogP contribution < -0.4 is 25.2 Å². The van der Waals surface area contributed by atoms with Crippen molar-refractivity contribution in [1.29, 1.82) is 0 Å². The molecule has 2 heterocycles. The van der Waals surface area contributed by atoms with Crippen LogP contribution in [0.1, 0.15) is 5.76 Å². The summed E-state index contributed by atoms with van der Waals surface area (Å²) in [6.45, 7) is 0.127. The van der Waals surface area contributed by atoms with Gasteiger partial charge in [-0.3, -0.25) is 9.59 Å². The van der Waals surface area contributed by atoms with Gasteiger partial charge in [-0.25, -0.2) is 0 Å². The maximum atomic E-state index is 12.7. The van der Waals surface area contributed by atoms with Crippen molar-refractivity contribution in [3.05, 3.63) is 63.1 Å². The summed E-state index contributed by atoms with van der Waals surface area (Å²) in [4.78, 5) is 24.5. The fourth-order valence-corrected chi connectivity index (χ4v) is 2.65. The average Bonchev–Trinajstić information content (AvgIpc) is 2.63. The van der Waals surface area contributed by atoms with Crippen molar-refractivity contribution in [3.63, 3.8) is 0 Å². The van der Waals surface area contributed by atoms with Gasteiger partial charge in [-0.15, -0.1) is 0 Å². The van der Waals surface area contributed by atoms with Gasteiger partial charge in [0.25, 0.3) is 5.56 Å². The first-order chi connectivity index (χ1) is 12.1. The topological polar surface area (TPSA) is 79.9 Å². The van der Waals surface area contributed by atoms with E-state index in [9.17, 15) is 9.59 Å². The van der Waals surface area contributed by atoms with Gasteiger partial charge in [0.05, 0.1) is 33.3 Å². The number of rotatable bonds is 5. The summed E-state index contributed by atoms with van der Waals surface area (Å²) in [5.41, 5.74) is -0.527. The summed E-state index contributed by atoms with van der Waals surface area (Å²) in [7, 11) is 4.45. The SMILES string of the molecule is COc1ccc2c(=O)n(Cc3cc(=O)c(OC)co3)ccc2c1OC. The summed E-state index contributed by atoms with van der Waals surface area (Å²) in [6.07, 6.45) is 2.86. The Hall–Kier alpha value is -3.22. The molecule has 25 heavy (non-hydrogen) atoms. The maximum absolute atomic E-state index is 12.7. The van der Waals surface area contributed by atoms with Gasteiger partial charge >= 0.3 is 0 Å². The quantitative estimate of drug-likeness (QED) is 0.705. The lowest BCUT2D eigenvalue weighted by Crippen LogP contribution is -2.21. The monoisotopic (exact) mass is 343 g/mol. The van der Waals surface area contributed by atoms with Gasteiger partial charge in [0.2, 0.25) is 11.2 Å². The van der Waals surface area contributed by atoms with Gasteiger partial charge in [0, 0.05) is 17.6 Å². The van der Waals surface area contributed by atoms with Crippen molar-refractivity contribution < 1.29 is 18.6 Å². The van der Waals surface area contributed by atoms with E-state index < -0.39 is 0 Å². The van der Waals surface area contributed by atoms with Crippen LogP contribution >= 0.6 is 0 Å². The van der Waals surface area contributed by atoms with Crippen LogP contribution in [0.3, 0.4) is 0 Å². The van der Waals surface area contributed by atoms with E-state index in [1.54, 1.807) is 24.4 Å². The summed E-state index contributed by atoms with van der Waals surface area (Å²) in [5, 5.41) is 1.13. The van der Waals surface area contributed by atoms with E-state index in [-0.39, 0.29) is 23.3 Å². The van der Waals surface area contributed by atoms with Gasteiger partial charge in [-0.1, -0.05) is 0 Å². The molecule has 7 nitrogen and oxygen atoms in total. The minimum Gasteiger partial charge on any atom is -0.493 e. The van der Waals surface area contributed by atoms with E-state index in [2.05, 4.69) is 0 Å². The van der Waals surface area contributed by atoms with Gasteiger partial charge in [-0.2, -0.15) is 0 Å². The molecule has 0 aliphatic rings. The fourth-order valence-electron chi connectivity index (χ4n) is 2.65. The third-order valence-corrected chi connectivity index (χ3v) is 3.89. The first-order valence-corrected chi connectivity index (χ1v) is 7.49. The molecule has 0 N–H and O–H groups in total. The molecular formula is C18H17NO6. The smallest absolute Gasteiger partial charge is 0.258 e. The highest BCUT2D eigenvalue weighted by atomic mass is 16.5. The van der Waals surface area contributed by atoms with Crippen molar-refractivity contribution in [2.45, 2.75) is 6.54 Å². The molecule has 0 bridgehead atoms. The fraction of sp³-hybridized carbons (Fsp3) is 0.222. The Morgan fingerprint density at radius 2 is 1.72 bits per heavy atom. The molecule has 0 saturated heterocycles. The number of pyridine rings is 1. The van der Waals surface area contributed by atoms with Crippen LogP contribution in [0.2, 0.25) is 0 Å². The first-order valence-electron chi connectivity index (χ1n) is 7.49. The van der Waals surface area contributed by atoms with Crippen molar-refractivity contribution in [1.82, 2.24) is 4.57 Å². The van der Waals surface area contributed by atoms with Gasteiger partial charge in [0.15, 0.2) is 11.5 Å². The van der Waals surface area contributed by atoms with Crippen molar-refractivity contribution in [3.8, 4) is 17.2 Å². The number of hydrogen-bond donors (Lipinski definition) is 0. The van der Waals surface area contributed by atoms with E-state index in [4.69, 9.17) is 18.6 Å². The molecule has 0 fully saturated rings. The van der Waals surface area contributed by atoms with E-state index in [0.29, 0.717) is 28.0 Å². The lowest BCUT2D eigenvalue weighted by molar-refractivity contribution is 0.358. The number of fused-ring (bicyclic) bond motifs is 1. The summed E-state index contributed by atoms with van der Waals surface area (Å²) in [5.74, 6) is 1.52. The predicted molar refractivity (Wildman–Crippen MR) is 91.9 cm³/mol. The molecule has 0 aliphatic heterocycles. The Balaban J connectivity index is 2.07. The first kappa shape index (κ1) is 16.6. The van der Waals surface area contributed by atoms with Crippen LogP contribution in [0.5, 0.6) is 17.2 Å². The molecule has 130 valence electrons. The molecule has 0 amide bonds. The standard InChI is InChI=1S/C18H17NO6/c1-22-15-5-4-13-12(17(15)24-3)6-7-19(18(13)21)9-11-8-14(20)16(23-2)10-25-11/h4-8,10H,9H2,1-3H3. The summed E-state index contributed by atoms with van der Waals surface area (Å²) >= 11 is 0. The Morgan fingerprint density at radius 3 is 2.36 bits per heavy atom. The minimum absolute atomic E-state index is 0.117. The van der Waals surface area contributed by atoms with E-state index in [0.717, 1.165) is 0 Å². The zero-order valence-electron chi connectivity index (χ0n) is 14.1. The number of hydrogen-bond acceptors (Lipinski definition) is 6. The van der Waals surface area contributed by atoms with Crippen LogP contribution in [-0.4, -0.2) is 25.9 Å². The summed E-state index contributed by atoms with van der Waals surface area (Å²) < 4.78 is 22.3. The number of aromatic nitrogens is 1. The van der Waals surface area contributed by atoms with Gasteiger partial charge in [-0.05, 0) is 18.2 Å². The largest absolute Gasteiger partial charge is 0.493 e. The molecule has 3 rings (SSSR count). The van der Waals surface area contributed by atoms with Crippen LogP contribution in [0, 0.1) is 0 Å². The van der Waals surface area contributed by atoms with Crippen molar-refractivity contribution in [2.75, 3.05) is 21.3 Å². The van der Waals surface area contributed by atoms with Crippen LogP contribution in [0.25, 0.3) is 10.8 Å². The predicted octanol–water partition coefficient (Wildman–Crippen LogP) is 2.03. The molecule has 2 aromatic heterocycles. The third kappa shape index (κ3) is 2.96. The van der Waals surface area contributed by atoms with Crippen LogP contribution in [0.4, 0.5) is 0 Å². The molecule has 0 radical (unpaired) electrons. The van der Waals surface area contributed by atoms with Crippen molar-refractivity contribution in [2.24, 2.45) is 0 Å². The van der Waals surface area contributed by atoms with Gasteiger partial charge in [0.1, 0.15) is 12.0 Å². The Kier molecular flexibility index (Phi) is 4.47. The molecular weight excluding hydrogens is 326 g/mol. The maximum Gasteiger partial charge on any atom is 0.258 e. The Labute approximate surface area is 143 Å². The van der Waals surface area contributed by atoms with E-state index in [1.165, 1.54) is 38.2 Å². The molecule has 0 aliphatic carbocycles. The third-order valence-electron chi connectivity index (χ3n) is 3.89. The number of ether oxygens (including phenoxy) is 3. The Morgan fingerprint density at radius 1 is 0.960 bits per heavy atom. The number of nitrogens with zero attached hydrogens (tertiary/aromatic N) is 1. The highest BCUT2D eigenvalue weighted by molar-refractivity contribution is 5.90. The average molecular weight is 343 g/mol. The minimum atomic E-state index is -0.302. The zero-order chi connectivity index (χ0) is 18.0. The van der Waals surface area contributed by atoms with Crippen molar-refractivity contribution >= 4 is 10.8 Å². The molecule has 1 aromatic carbocycles. The second kappa shape index (κ2) is 6.72. The number of benzene rings is 1. The molecule has 0 spiro atoms. The second-order valence-electron chi connectivity index (χ2n) is 5.29. The molecule has 7 heteroatoms. The van der Waals surface area contributed by atoms with Crippen LogP contribution in [-0.2, 0) is 6.54 Å². The zero-order valence-corrected chi connectivity index (χ0v) is 14.1. The molecule has 3 aromatic rings. The van der Waals surface area contributed by atoms with Crippen LogP contribution in [0.15, 0.2) is 50.7 Å². The van der Waals surface area contributed by atoms with E-state index in [1.807, 2.05) is 0 Å². The summed E-state index contributed by atoms with van der Waals surface area (Å²) in [6, 6.07) is 6.43. The lowest BCUT2D eigenvalue weighted by Gasteiger charge is -2.12. The second-order valence-corrected chi connectivity index (χ2v) is 5.29. The molecule has 0 atom stereocenters.